The summed E-state index contributed by atoms with van der Waals surface area (Å²) in [5, 5.41) is 0. The molecule has 1 aromatic heterocycles. The van der Waals surface area contributed by atoms with Crippen LogP contribution in [0.1, 0.15) is 47.8 Å². The third-order valence-electron chi connectivity index (χ3n) is 5.54. The first kappa shape index (κ1) is 18.3. The number of likely N-dealkylation sites (tertiary alicyclic amines) is 1. The van der Waals surface area contributed by atoms with Crippen molar-refractivity contribution in [2.75, 3.05) is 6.61 Å². The minimum absolute atomic E-state index is 0.0426. The highest BCUT2D eigenvalue weighted by Gasteiger charge is 2.57. The minimum Gasteiger partial charge on any atom is -0.361 e. The summed E-state index contributed by atoms with van der Waals surface area (Å²) in [7, 11) is 0. The van der Waals surface area contributed by atoms with Crippen LogP contribution in [0.5, 0.6) is 0 Å². The van der Waals surface area contributed by atoms with Gasteiger partial charge in [-0.25, -0.2) is 0 Å². The molecule has 1 spiro atoms. The van der Waals surface area contributed by atoms with Gasteiger partial charge >= 0.3 is 12.1 Å². The number of alkyl halides is 3. The molecule has 1 aliphatic carbocycles. The van der Waals surface area contributed by atoms with Gasteiger partial charge in [0, 0.05) is 35.4 Å². The summed E-state index contributed by atoms with van der Waals surface area (Å²) in [6.45, 7) is 1.51. The summed E-state index contributed by atoms with van der Waals surface area (Å²) < 4.78 is 45.7. The SMILES string of the molecule is C[C@H]1CC2(C[C@@H](C3CC3)N1C(=O)C(F)(F)F)OCC(=O)c1cc(Cl)sc12. The second-order valence-electron chi connectivity index (χ2n) is 7.37. The topological polar surface area (TPSA) is 46.6 Å². The first-order valence-corrected chi connectivity index (χ1v) is 9.68. The van der Waals surface area contributed by atoms with Crippen molar-refractivity contribution in [3.05, 3.63) is 20.8 Å². The summed E-state index contributed by atoms with van der Waals surface area (Å²) in [4.78, 5) is 25.9. The van der Waals surface area contributed by atoms with Crippen LogP contribution in [0.4, 0.5) is 13.2 Å². The Morgan fingerprint density at radius 3 is 2.69 bits per heavy atom. The minimum atomic E-state index is -4.90. The van der Waals surface area contributed by atoms with E-state index in [1.54, 1.807) is 13.0 Å². The molecule has 1 saturated heterocycles. The van der Waals surface area contributed by atoms with Gasteiger partial charge in [0.25, 0.3) is 0 Å². The maximum absolute atomic E-state index is 13.1. The second-order valence-corrected chi connectivity index (χ2v) is 9.06. The second kappa shape index (κ2) is 5.94. The average molecular weight is 408 g/mol. The zero-order valence-electron chi connectivity index (χ0n) is 13.9. The molecular formula is C17H17ClF3NO3S. The Kier molecular flexibility index (Phi) is 4.17. The van der Waals surface area contributed by atoms with E-state index < -0.39 is 29.8 Å². The molecule has 2 aliphatic heterocycles. The van der Waals surface area contributed by atoms with Gasteiger partial charge in [-0.05, 0) is 31.7 Å². The number of ketones is 1. The molecule has 2 fully saturated rings. The van der Waals surface area contributed by atoms with Gasteiger partial charge in [0.2, 0.25) is 0 Å². The number of rotatable bonds is 1. The van der Waals surface area contributed by atoms with E-state index in [1.165, 1.54) is 11.3 Å². The van der Waals surface area contributed by atoms with Gasteiger partial charge in [-0.3, -0.25) is 9.59 Å². The van der Waals surface area contributed by atoms with Crippen LogP contribution in [0.25, 0.3) is 0 Å². The first-order valence-electron chi connectivity index (χ1n) is 8.49. The maximum atomic E-state index is 13.1. The molecule has 0 bridgehead atoms. The third-order valence-corrected chi connectivity index (χ3v) is 6.98. The van der Waals surface area contributed by atoms with E-state index in [0.717, 1.165) is 17.7 Å². The maximum Gasteiger partial charge on any atom is 0.471 e. The van der Waals surface area contributed by atoms with Gasteiger partial charge in [0.15, 0.2) is 5.78 Å². The Labute approximate surface area is 157 Å². The Morgan fingerprint density at radius 1 is 1.38 bits per heavy atom. The molecule has 3 aliphatic rings. The molecule has 1 saturated carbocycles. The lowest BCUT2D eigenvalue weighted by Gasteiger charge is -2.51. The highest BCUT2D eigenvalue weighted by atomic mass is 35.5. The summed E-state index contributed by atoms with van der Waals surface area (Å²) in [5.74, 6) is -1.91. The van der Waals surface area contributed by atoms with E-state index in [0.29, 0.717) is 14.8 Å². The van der Waals surface area contributed by atoms with Crippen LogP contribution in [-0.2, 0) is 15.1 Å². The van der Waals surface area contributed by atoms with Crippen molar-refractivity contribution in [1.29, 1.82) is 0 Å². The highest BCUT2D eigenvalue weighted by molar-refractivity contribution is 7.16. The lowest BCUT2D eigenvalue weighted by Crippen LogP contribution is -2.60. The molecule has 0 N–H and O–H groups in total. The van der Waals surface area contributed by atoms with E-state index in [9.17, 15) is 22.8 Å². The standard InChI is InChI=1S/C17H17ClF3NO3S/c1-8-5-16(14-10(4-13(18)26-14)12(23)7-25-16)6-11(9-2-3-9)22(8)15(24)17(19,20)21/h4,8-9,11H,2-3,5-7H2,1H3/t8-,11-,16?/m0/s1. The number of carbonyl (C=O) groups excluding carboxylic acids is 2. The highest BCUT2D eigenvalue weighted by Crippen LogP contribution is 2.53. The molecule has 1 unspecified atom stereocenters. The number of piperidine rings is 1. The van der Waals surface area contributed by atoms with Crippen LogP contribution in [0.15, 0.2) is 6.07 Å². The van der Waals surface area contributed by atoms with Crippen molar-refractivity contribution >= 4 is 34.6 Å². The van der Waals surface area contributed by atoms with Crippen LogP contribution >= 0.6 is 22.9 Å². The number of hydrogen-bond donors (Lipinski definition) is 0. The molecule has 0 aromatic carbocycles. The van der Waals surface area contributed by atoms with Crippen molar-refractivity contribution in [3.8, 4) is 0 Å². The van der Waals surface area contributed by atoms with Crippen molar-refractivity contribution in [2.45, 2.75) is 56.5 Å². The Balaban J connectivity index is 1.73. The molecular weight excluding hydrogens is 391 g/mol. The Hall–Kier alpha value is -1.12. The first-order chi connectivity index (χ1) is 12.1. The zero-order valence-corrected chi connectivity index (χ0v) is 15.5. The van der Waals surface area contributed by atoms with Crippen LogP contribution in [0.3, 0.4) is 0 Å². The fraction of sp³-hybridized carbons (Fsp3) is 0.647. The summed E-state index contributed by atoms with van der Waals surface area (Å²) in [5.41, 5.74) is -0.348. The van der Waals surface area contributed by atoms with Gasteiger partial charge in [0.1, 0.15) is 12.2 Å². The number of hydrogen-bond acceptors (Lipinski definition) is 4. The number of ether oxygens (including phenoxy) is 1. The van der Waals surface area contributed by atoms with Gasteiger partial charge in [-0.2, -0.15) is 13.2 Å². The average Bonchev–Trinajstić information content (AvgIpc) is 3.31. The van der Waals surface area contributed by atoms with Gasteiger partial charge < -0.3 is 9.64 Å². The summed E-state index contributed by atoms with van der Waals surface area (Å²) in [6, 6.07) is 0.415. The molecule has 9 heteroatoms. The zero-order chi connectivity index (χ0) is 18.9. The van der Waals surface area contributed by atoms with E-state index in [1.807, 2.05) is 0 Å². The van der Waals surface area contributed by atoms with Crippen molar-refractivity contribution in [1.82, 2.24) is 4.90 Å². The monoisotopic (exact) mass is 407 g/mol. The van der Waals surface area contributed by atoms with Crippen LogP contribution in [-0.4, -0.2) is 41.5 Å². The normalized spacial score (nSPS) is 32.0. The van der Waals surface area contributed by atoms with Crippen molar-refractivity contribution in [3.63, 3.8) is 0 Å². The summed E-state index contributed by atoms with van der Waals surface area (Å²) in [6.07, 6.45) is -2.82. The largest absolute Gasteiger partial charge is 0.471 e. The molecule has 0 radical (unpaired) electrons. The molecule has 4 rings (SSSR count). The Bertz CT molecular complexity index is 776. The number of fused-ring (bicyclic) bond motifs is 2. The fourth-order valence-electron chi connectivity index (χ4n) is 4.35. The van der Waals surface area contributed by atoms with Gasteiger partial charge in [-0.15, -0.1) is 11.3 Å². The lowest BCUT2D eigenvalue weighted by molar-refractivity contribution is -0.200. The molecule has 1 aromatic rings. The van der Waals surface area contributed by atoms with E-state index in [-0.39, 0.29) is 31.1 Å². The van der Waals surface area contributed by atoms with Gasteiger partial charge in [-0.1, -0.05) is 11.6 Å². The molecule has 4 nitrogen and oxygen atoms in total. The van der Waals surface area contributed by atoms with Crippen LogP contribution in [0.2, 0.25) is 4.34 Å². The van der Waals surface area contributed by atoms with E-state index in [4.69, 9.17) is 16.3 Å². The predicted octanol–water partition coefficient (Wildman–Crippen LogP) is 4.16. The number of thiophene rings is 1. The van der Waals surface area contributed by atoms with Crippen molar-refractivity contribution < 1.29 is 27.5 Å². The van der Waals surface area contributed by atoms with E-state index in [2.05, 4.69) is 0 Å². The summed E-state index contributed by atoms with van der Waals surface area (Å²) >= 11 is 7.35. The molecule has 3 atom stereocenters. The smallest absolute Gasteiger partial charge is 0.361 e. The predicted molar refractivity (Wildman–Crippen MR) is 89.4 cm³/mol. The van der Waals surface area contributed by atoms with Crippen LogP contribution in [0, 0.1) is 5.92 Å². The van der Waals surface area contributed by atoms with E-state index >= 15 is 0 Å². The third kappa shape index (κ3) is 2.86. The number of carbonyl (C=O) groups is 2. The fourth-order valence-corrected chi connectivity index (χ4v) is 5.76. The molecule has 26 heavy (non-hydrogen) atoms. The Morgan fingerprint density at radius 2 is 2.08 bits per heavy atom. The molecule has 1 amide bonds. The molecule has 142 valence electrons. The quantitative estimate of drug-likeness (QED) is 0.702. The number of nitrogens with zero attached hydrogens (tertiary/aromatic N) is 1. The van der Waals surface area contributed by atoms with Crippen molar-refractivity contribution in [2.24, 2.45) is 5.92 Å². The van der Waals surface area contributed by atoms with Crippen LogP contribution < -0.4 is 0 Å². The number of halogens is 4. The van der Waals surface area contributed by atoms with Gasteiger partial charge in [0.05, 0.1) is 4.34 Å². The number of Topliss-reactive ketones (excluding diaryl/α,β-unsaturated/α-hetero) is 1. The lowest BCUT2D eigenvalue weighted by atomic mass is 9.77. The number of amides is 1. The molecule has 3 heterocycles.